The number of carbonyl (C=O) groups is 1. The third-order valence-corrected chi connectivity index (χ3v) is 7.92. The summed E-state index contributed by atoms with van der Waals surface area (Å²) in [5, 5.41) is 10.2. The third kappa shape index (κ3) is 6.28. The molecule has 0 saturated heterocycles. The number of hydrogen-bond donors (Lipinski definition) is 1. The van der Waals surface area contributed by atoms with Crippen molar-refractivity contribution in [1.82, 2.24) is 0 Å². The van der Waals surface area contributed by atoms with Crippen LogP contribution >= 0.6 is 22.6 Å². The Balaban J connectivity index is 1.19. The Labute approximate surface area is 253 Å². The molecule has 1 aliphatic heterocycles. The van der Waals surface area contributed by atoms with E-state index >= 15 is 0 Å². The summed E-state index contributed by atoms with van der Waals surface area (Å²) in [4.78, 5) is 17.2. The van der Waals surface area contributed by atoms with Crippen LogP contribution < -0.4 is 10.3 Å². The lowest BCUT2D eigenvalue weighted by Gasteiger charge is -2.24. The highest BCUT2D eigenvalue weighted by Crippen LogP contribution is 2.38. The first-order chi connectivity index (χ1) is 20.1. The van der Waals surface area contributed by atoms with Gasteiger partial charge >= 0.3 is 0 Å². The van der Waals surface area contributed by atoms with Gasteiger partial charge in [0.2, 0.25) is 0 Å². The molecule has 0 saturated carbocycles. The molecule has 0 aliphatic carbocycles. The van der Waals surface area contributed by atoms with Gasteiger partial charge in [-0.25, -0.2) is 0 Å². The first kappa shape index (κ1) is 26.7. The first-order valence-corrected chi connectivity index (χ1v) is 14.5. The molecule has 0 fully saturated rings. The van der Waals surface area contributed by atoms with Crippen molar-refractivity contribution in [2.24, 2.45) is 10.1 Å². The summed E-state index contributed by atoms with van der Waals surface area (Å²) in [5.41, 5.74) is 7.61. The molecule has 1 N–H and O–H groups in total. The number of amides is 1. The van der Waals surface area contributed by atoms with Crippen LogP contribution in [0.1, 0.15) is 39.5 Å². The van der Waals surface area contributed by atoms with Gasteiger partial charge in [-0.15, -0.1) is 0 Å². The minimum Gasteiger partial charge on any atom is -0.322 e. The molecule has 41 heavy (non-hydrogen) atoms. The van der Waals surface area contributed by atoms with Crippen molar-refractivity contribution >= 4 is 57.5 Å². The molecule has 5 aromatic rings. The molecule has 1 amide bonds. The maximum absolute atomic E-state index is 12.4. The van der Waals surface area contributed by atoms with Crippen LogP contribution in [0.5, 0.6) is 0 Å². The summed E-state index contributed by atoms with van der Waals surface area (Å²) in [5.74, 6) is -0.131. The van der Waals surface area contributed by atoms with E-state index in [0.29, 0.717) is 5.56 Å². The van der Waals surface area contributed by atoms with E-state index in [1.54, 1.807) is 12.1 Å². The minimum atomic E-state index is -0.131. The standard InChI is InChI=1S/C35H27IN4O/c36-32-17-8-7-16-31(32)34-23-33(39-40(34)30-14-5-2-6-15-30)27-12-9-13-29(22-27)37-24-25-18-20-28(21-19-25)38-35(41)26-10-3-1-4-11-26/h1-22,24,34H,23H2,(H,38,41). The lowest BCUT2D eigenvalue weighted by Crippen LogP contribution is -2.19. The predicted molar refractivity (Wildman–Crippen MR) is 177 cm³/mol. The summed E-state index contributed by atoms with van der Waals surface area (Å²) in [6.07, 6.45) is 2.64. The van der Waals surface area contributed by atoms with E-state index in [1.165, 1.54) is 9.13 Å². The van der Waals surface area contributed by atoms with Crippen LogP contribution in [-0.2, 0) is 0 Å². The van der Waals surface area contributed by atoms with Crippen LogP contribution in [-0.4, -0.2) is 17.8 Å². The summed E-state index contributed by atoms with van der Waals surface area (Å²) in [6, 6.07) is 44.0. The second-order valence-corrected chi connectivity index (χ2v) is 10.9. The second-order valence-electron chi connectivity index (χ2n) is 9.72. The molecule has 1 atom stereocenters. The number of rotatable bonds is 7. The van der Waals surface area contributed by atoms with Crippen molar-refractivity contribution in [1.29, 1.82) is 0 Å². The third-order valence-electron chi connectivity index (χ3n) is 6.94. The van der Waals surface area contributed by atoms with Crippen molar-refractivity contribution < 1.29 is 4.79 Å². The van der Waals surface area contributed by atoms with Crippen LogP contribution in [0.15, 0.2) is 144 Å². The molecule has 1 unspecified atom stereocenters. The summed E-state index contributed by atoms with van der Waals surface area (Å²) >= 11 is 2.42. The van der Waals surface area contributed by atoms with Crippen molar-refractivity contribution in [3.05, 3.63) is 159 Å². The fourth-order valence-electron chi connectivity index (χ4n) is 4.85. The highest BCUT2D eigenvalue weighted by atomic mass is 127. The Morgan fingerprint density at radius 3 is 2.29 bits per heavy atom. The average molecular weight is 647 g/mol. The van der Waals surface area contributed by atoms with Crippen LogP contribution in [0.25, 0.3) is 0 Å². The number of carbonyl (C=O) groups excluding carboxylic acids is 1. The number of benzene rings is 5. The van der Waals surface area contributed by atoms with Crippen molar-refractivity contribution in [2.75, 3.05) is 10.3 Å². The van der Waals surface area contributed by atoms with Crippen LogP contribution in [0.4, 0.5) is 17.1 Å². The van der Waals surface area contributed by atoms with E-state index in [1.807, 2.05) is 66.9 Å². The van der Waals surface area contributed by atoms with Gasteiger partial charge in [-0.2, -0.15) is 5.10 Å². The van der Waals surface area contributed by atoms with Crippen molar-refractivity contribution in [2.45, 2.75) is 12.5 Å². The molecular weight excluding hydrogens is 619 g/mol. The van der Waals surface area contributed by atoms with Gasteiger partial charge in [0.15, 0.2) is 0 Å². The van der Waals surface area contributed by atoms with E-state index in [2.05, 4.69) is 93.6 Å². The number of nitrogens with zero attached hydrogens (tertiary/aromatic N) is 3. The largest absolute Gasteiger partial charge is 0.322 e. The molecule has 6 heteroatoms. The minimum absolute atomic E-state index is 0.119. The Bertz CT molecular complexity index is 1720. The van der Waals surface area contributed by atoms with Crippen molar-refractivity contribution in [3.8, 4) is 0 Å². The normalized spacial score (nSPS) is 14.7. The molecule has 1 aliphatic rings. The number of hydrogen-bond acceptors (Lipinski definition) is 4. The smallest absolute Gasteiger partial charge is 0.255 e. The van der Waals surface area contributed by atoms with Crippen LogP contribution in [0.3, 0.4) is 0 Å². The number of hydrazone groups is 1. The molecule has 6 rings (SSSR count). The Kier molecular flexibility index (Phi) is 8.00. The monoisotopic (exact) mass is 646 g/mol. The zero-order valence-corrected chi connectivity index (χ0v) is 24.3. The van der Waals surface area contributed by atoms with E-state index < -0.39 is 0 Å². The molecule has 0 radical (unpaired) electrons. The SMILES string of the molecule is O=C(Nc1ccc(C=Nc2cccc(C3=NN(c4ccccc4)C(c4ccccc4I)C3)c2)cc1)c1ccccc1. The molecular formula is C35H27IN4O. The van der Waals surface area contributed by atoms with Crippen molar-refractivity contribution in [3.63, 3.8) is 0 Å². The second kappa shape index (κ2) is 12.3. The van der Waals surface area contributed by atoms with Gasteiger partial charge < -0.3 is 5.32 Å². The number of halogens is 1. The maximum atomic E-state index is 12.4. The lowest BCUT2D eigenvalue weighted by molar-refractivity contribution is 0.102. The van der Waals surface area contributed by atoms with Gasteiger partial charge in [-0.1, -0.05) is 78.9 Å². The predicted octanol–water partition coefficient (Wildman–Crippen LogP) is 8.65. The highest BCUT2D eigenvalue weighted by molar-refractivity contribution is 14.1. The Morgan fingerprint density at radius 2 is 1.54 bits per heavy atom. The van der Waals surface area contributed by atoms with Crippen LogP contribution in [0.2, 0.25) is 0 Å². The fourth-order valence-corrected chi connectivity index (χ4v) is 5.60. The number of nitrogens with one attached hydrogen (secondary N) is 1. The van der Waals surface area contributed by atoms with E-state index in [9.17, 15) is 4.79 Å². The van der Waals surface area contributed by atoms with Gasteiger partial charge in [0.1, 0.15) is 0 Å². The Hall–Kier alpha value is -4.56. The summed E-state index contributed by atoms with van der Waals surface area (Å²) in [6.45, 7) is 0. The zero-order valence-electron chi connectivity index (χ0n) is 22.2. The van der Waals surface area contributed by atoms with E-state index in [0.717, 1.165) is 40.3 Å². The molecule has 1 heterocycles. The molecule has 0 aromatic heterocycles. The van der Waals surface area contributed by atoms with Gasteiger partial charge in [0.05, 0.1) is 23.1 Å². The van der Waals surface area contributed by atoms with Crippen LogP contribution in [0, 0.1) is 3.57 Å². The number of para-hydroxylation sites is 1. The quantitative estimate of drug-likeness (QED) is 0.142. The molecule has 200 valence electrons. The van der Waals surface area contributed by atoms with E-state index in [-0.39, 0.29) is 11.9 Å². The summed E-state index contributed by atoms with van der Waals surface area (Å²) in [7, 11) is 0. The average Bonchev–Trinajstić information content (AvgIpc) is 3.47. The summed E-state index contributed by atoms with van der Waals surface area (Å²) < 4.78 is 1.23. The molecule has 5 aromatic carbocycles. The number of aliphatic imine (C=N–C) groups is 1. The highest BCUT2D eigenvalue weighted by Gasteiger charge is 2.31. The van der Waals surface area contributed by atoms with Gasteiger partial charge in [-0.3, -0.25) is 14.8 Å². The Morgan fingerprint density at radius 1 is 0.829 bits per heavy atom. The van der Waals surface area contributed by atoms with E-state index in [4.69, 9.17) is 10.1 Å². The molecule has 5 nitrogen and oxygen atoms in total. The fraction of sp³-hybridized carbons (Fsp3) is 0.0571. The lowest BCUT2D eigenvalue weighted by atomic mass is 9.98. The first-order valence-electron chi connectivity index (χ1n) is 13.4. The van der Waals surface area contributed by atoms with Gasteiger partial charge in [-0.05, 0) is 93.9 Å². The zero-order chi connectivity index (χ0) is 28.0. The molecule has 0 spiro atoms. The molecule has 0 bridgehead atoms. The van der Waals surface area contributed by atoms with Gasteiger partial charge in [0.25, 0.3) is 5.91 Å². The number of anilines is 2. The topological polar surface area (TPSA) is 57.1 Å². The maximum Gasteiger partial charge on any atom is 0.255 e. The van der Waals surface area contributed by atoms with Gasteiger partial charge in [0, 0.05) is 27.5 Å².